The second kappa shape index (κ2) is 9.81. The summed E-state index contributed by atoms with van der Waals surface area (Å²) in [5.74, 6) is -3.33. The number of hydrogen-bond donors (Lipinski definition) is 1. The van der Waals surface area contributed by atoms with Gasteiger partial charge in [0.15, 0.2) is 5.69 Å². The molecule has 0 saturated carbocycles. The molecule has 1 N–H and O–H groups in total. The Morgan fingerprint density at radius 1 is 1.19 bits per heavy atom. The summed E-state index contributed by atoms with van der Waals surface area (Å²) in [6, 6.07) is 3.14. The number of methoxy groups -OCH3 is 1. The van der Waals surface area contributed by atoms with E-state index in [-0.39, 0.29) is 35.6 Å². The van der Waals surface area contributed by atoms with Gasteiger partial charge in [0.1, 0.15) is 23.4 Å². The minimum Gasteiger partial charge on any atom is -0.451 e. The summed E-state index contributed by atoms with van der Waals surface area (Å²) >= 11 is 0. The molecule has 13 heteroatoms. The van der Waals surface area contributed by atoms with Crippen molar-refractivity contribution in [1.82, 2.24) is 19.7 Å². The standard InChI is InChI=1S/C24H24F2N4O7/c1-35-24(34)37-12-36-21-19-23(33)30-9-15-3-2-6-29(15)18(30)11-28(19)10-16(20(21)31)22(32)27-8-13-4-5-14(25)7-17(13)26/h4-5,7,10,15,18H,2-3,6,8-9,11-12H2,1H3,(H,27,32)/t15?,18-/m0/s1. The van der Waals surface area contributed by atoms with E-state index in [0.29, 0.717) is 19.2 Å². The van der Waals surface area contributed by atoms with Crippen LogP contribution in [0, 0.1) is 11.6 Å². The van der Waals surface area contributed by atoms with Gasteiger partial charge >= 0.3 is 6.16 Å². The third-order valence-electron chi connectivity index (χ3n) is 6.88. The number of fused-ring (bicyclic) bond motifs is 4. The highest BCUT2D eigenvalue weighted by atomic mass is 19.1. The van der Waals surface area contributed by atoms with Crippen LogP contribution in [-0.2, 0) is 22.6 Å². The van der Waals surface area contributed by atoms with E-state index in [0.717, 1.165) is 32.6 Å². The fourth-order valence-electron chi connectivity index (χ4n) is 5.14. The molecule has 0 aliphatic carbocycles. The number of nitrogens with zero attached hydrogens (tertiary/aromatic N) is 3. The molecule has 2 amide bonds. The zero-order chi connectivity index (χ0) is 26.3. The van der Waals surface area contributed by atoms with E-state index in [2.05, 4.69) is 15.0 Å². The zero-order valence-corrected chi connectivity index (χ0v) is 19.9. The Morgan fingerprint density at radius 3 is 2.76 bits per heavy atom. The van der Waals surface area contributed by atoms with Crippen molar-refractivity contribution in [1.29, 1.82) is 0 Å². The van der Waals surface area contributed by atoms with Crippen LogP contribution in [0.1, 0.15) is 39.3 Å². The molecule has 4 heterocycles. The number of rotatable bonds is 6. The maximum atomic E-state index is 14.0. The van der Waals surface area contributed by atoms with E-state index in [9.17, 15) is 28.0 Å². The molecule has 2 saturated heterocycles. The Hall–Kier alpha value is -4.00. The Labute approximate surface area is 209 Å². The molecule has 1 unspecified atom stereocenters. The van der Waals surface area contributed by atoms with Crippen molar-refractivity contribution < 1.29 is 37.4 Å². The van der Waals surface area contributed by atoms with Gasteiger partial charge in [0.2, 0.25) is 18.0 Å². The Morgan fingerprint density at radius 2 is 2.00 bits per heavy atom. The number of halogens is 2. The SMILES string of the molecule is COC(=O)OCOc1c2n(cc(C(=O)NCc3ccc(F)cc3F)c1=O)C[C@@H]1N(CC3CCCN31)C2=O. The maximum absolute atomic E-state index is 14.0. The number of benzene rings is 1. The lowest BCUT2D eigenvalue weighted by atomic mass is 10.1. The van der Waals surface area contributed by atoms with Gasteiger partial charge in [-0.2, -0.15) is 0 Å². The molecule has 3 aliphatic rings. The zero-order valence-electron chi connectivity index (χ0n) is 19.9. The van der Waals surface area contributed by atoms with E-state index < -0.39 is 47.6 Å². The summed E-state index contributed by atoms with van der Waals surface area (Å²) < 4.78 is 43.2. The number of carbonyl (C=O) groups excluding carboxylic acids is 3. The number of ether oxygens (including phenoxy) is 3. The molecule has 196 valence electrons. The molecule has 1 aromatic heterocycles. The summed E-state index contributed by atoms with van der Waals surface area (Å²) in [6.07, 6.45) is 1.96. The largest absolute Gasteiger partial charge is 0.510 e. The average molecular weight is 518 g/mol. The lowest BCUT2D eigenvalue weighted by Crippen LogP contribution is -2.50. The van der Waals surface area contributed by atoms with Gasteiger partial charge in [0.05, 0.1) is 13.7 Å². The Bertz CT molecular complexity index is 1330. The second-order valence-corrected chi connectivity index (χ2v) is 8.95. The third kappa shape index (κ3) is 4.50. The first kappa shape index (κ1) is 24.7. The fraction of sp³-hybridized carbons (Fsp3) is 0.417. The van der Waals surface area contributed by atoms with Gasteiger partial charge in [-0.15, -0.1) is 0 Å². The van der Waals surface area contributed by atoms with Crippen LogP contribution in [0.3, 0.4) is 0 Å². The predicted octanol–water partition coefficient (Wildman–Crippen LogP) is 1.44. The molecule has 1 aromatic carbocycles. The van der Waals surface area contributed by atoms with Crippen LogP contribution < -0.4 is 15.5 Å². The van der Waals surface area contributed by atoms with Crippen molar-refractivity contribution in [2.24, 2.45) is 0 Å². The highest BCUT2D eigenvalue weighted by Crippen LogP contribution is 2.35. The smallest absolute Gasteiger partial charge is 0.451 e. The van der Waals surface area contributed by atoms with Crippen molar-refractivity contribution in [2.45, 2.75) is 38.1 Å². The number of pyridine rings is 1. The van der Waals surface area contributed by atoms with Gasteiger partial charge in [0.25, 0.3) is 11.8 Å². The van der Waals surface area contributed by atoms with Crippen molar-refractivity contribution in [2.75, 3.05) is 27.0 Å². The number of hydrogen-bond acceptors (Lipinski definition) is 8. The van der Waals surface area contributed by atoms with Crippen molar-refractivity contribution in [3.8, 4) is 5.75 Å². The van der Waals surface area contributed by atoms with Crippen molar-refractivity contribution in [3.63, 3.8) is 0 Å². The number of aromatic nitrogens is 1. The van der Waals surface area contributed by atoms with Gasteiger partial charge in [0, 0.05) is 43.5 Å². The van der Waals surface area contributed by atoms with E-state index in [1.807, 2.05) is 0 Å². The molecule has 0 radical (unpaired) electrons. The number of carbonyl (C=O) groups is 3. The molecular weight excluding hydrogens is 494 g/mol. The van der Waals surface area contributed by atoms with E-state index in [1.54, 1.807) is 4.90 Å². The van der Waals surface area contributed by atoms with Crippen LogP contribution in [0.15, 0.2) is 29.2 Å². The van der Waals surface area contributed by atoms with E-state index in [4.69, 9.17) is 9.47 Å². The minimum atomic E-state index is -1.06. The first-order chi connectivity index (χ1) is 17.8. The summed E-state index contributed by atoms with van der Waals surface area (Å²) in [5, 5.41) is 2.45. The molecule has 3 aliphatic heterocycles. The molecular formula is C24H24F2N4O7. The van der Waals surface area contributed by atoms with Crippen LogP contribution in [-0.4, -0.2) is 71.5 Å². The molecule has 2 aromatic rings. The van der Waals surface area contributed by atoms with Crippen molar-refractivity contribution in [3.05, 3.63) is 63.1 Å². The highest BCUT2D eigenvalue weighted by molar-refractivity contribution is 5.99. The fourth-order valence-corrected chi connectivity index (χ4v) is 5.14. The molecule has 37 heavy (non-hydrogen) atoms. The molecule has 2 fully saturated rings. The quantitative estimate of drug-likeness (QED) is 0.451. The summed E-state index contributed by atoms with van der Waals surface area (Å²) in [7, 11) is 1.09. The van der Waals surface area contributed by atoms with E-state index in [1.165, 1.54) is 16.8 Å². The van der Waals surface area contributed by atoms with Crippen LogP contribution >= 0.6 is 0 Å². The number of amides is 2. The second-order valence-electron chi connectivity index (χ2n) is 8.95. The van der Waals surface area contributed by atoms with E-state index >= 15 is 0 Å². The topological polar surface area (TPSA) is 119 Å². The summed E-state index contributed by atoms with van der Waals surface area (Å²) in [5.41, 5.74) is -1.29. The highest BCUT2D eigenvalue weighted by Gasteiger charge is 2.48. The molecule has 0 bridgehead atoms. The first-order valence-electron chi connectivity index (χ1n) is 11.7. The van der Waals surface area contributed by atoms with Crippen LogP contribution in [0.2, 0.25) is 0 Å². The Balaban J connectivity index is 1.47. The van der Waals surface area contributed by atoms with Crippen molar-refractivity contribution >= 4 is 18.0 Å². The molecule has 0 spiro atoms. The van der Waals surface area contributed by atoms with Gasteiger partial charge < -0.3 is 29.0 Å². The molecule has 5 rings (SSSR count). The first-order valence-corrected chi connectivity index (χ1v) is 11.7. The summed E-state index contributed by atoms with van der Waals surface area (Å²) in [4.78, 5) is 55.0. The normalized spacial score (nSPS) is 20.2. The number of nitrogens with one attached hydrogen (secondary N) is 1. The van der Waals surface area contributed by atoms with Crippen LogP contribution in [0.5, 0.6) is 5.75 Å². The van der Waals surface area contributed by atoms with Crippen LogP contribution in [0.4, 0.5) is 13.6 Å². The van der Waals surface area contributed by atoms with Gasteiger partial charge in [-0.1, -0.05) is 6.07 Å². The van der Waals surface area contributed by atoms with Gasteiger partial charge in [-0.3, -0.25) is 19.3 Å². The molecule has 2 atom stereocenters. The lowest BCUT2D eigenvalue weighted by molar-refractivity contribution is 0.0128. The van der Waals surface area contributed by atoms with Crippen LogP contribution in [0.25, 0.3) is 0 Å². The predicted molar refractivity (Wildman–Crippen MR) is 122 cm³/mol. The van der Waals surface area contributed by atoms with Gasteiger partial charge in [-0.05, 0) is 18.9 Å². The summed E-state index contributed by atoms with van der Waals surface area (Å²) in [6.45, 7) is 0.604. The van der Waals surface area contributed by atoms with Gasteiger partial charge in [-0.25, -0.2) is 13.6 Å². The third-order valence-corrected chi connectivity index (χ3v) is 6.88. The lowest BCUT2D eigenvalue weighted by Gasteiger charge is -2.36. The maximum Gasteiger partial charge on any atom is 0.510 e. The Kier molecular flexibility index (Phi) is 6.54. The molecule has 11 nitrogen and oxygen atoms in total. The monoisotopic (exact) mass is 518 g/mol. The minimum absolute atomic E-state index is 0.0209. The average Bonchev–Trinajstić information content (AvgIpc) is 3.47.